The Kier molecular flexibility index (Phi) is 11.5. The van der Waals surface area contributed by atoms with Crippen LogP contribution in [0.15, 0.2) is 42.5 Å². The SMILES string of the molecule is CC(=O)c1ccc(N(C)CC2CCCO2)cc1.CC1CCc2cc(C3CCCCC3)ccc2C1.CCC1CC1. The van der Waals surface area contributed by atoms with Crippen LogP contribution in [0.4, 0.5) is 5.69 Å². The molecule has 2 aromatic carbocycles. The molecule has 2 saturated carbocycles. The highest BCUT2D eigenvalue weighted by atomic mass is 16.5. The molecule has 2 aromatic rings. The molecule has 2 unspecified atom stereocenters. The maximum absolute atomic E-state index is 11.2. The van der Waals surface area contributed by atoms with E-state index < -0.39 is 0 Å². The minimum Gasteiger partial charge on any atom is -0.376 e. The number of Topliss-reactive ketones (excluding diaryl/α,β-unsaturated/α-hetero) is 1. The van der Waals surface area contributed by atoms with Crippen molar-refractivity contribution in [3.05, 3.63) is 64.7 Å². The van der Waals surface area contributed by atoms with E-state index in [-0.39, 0.29) is 5.78 Å². The van der Waals surface area contributed by atoms with Gasteiger partial charge < -0.3 is 9.64 Å². The van der Waals surface area contributed by atoms with Crippen molar-refractivity contribution in [2.45, 2.75) is 116 Å². The molecule has 1 saturated heterocycles. The Hall–Kier alpha value is -2.13. The highest BCUT2D eigenvalue weighted by molar-refractivity contribution is 5.94. The maximum Gasteiger partial charge on any atom is 0.159 e. The average molecular weight is 532 g/mol. The van der Waals surface area contributed by atoms with Gasteiger partial charge in [-0.25, -0.2) is 0 Å². The number of nitrogens with zero attached hydrogens (tertiary/aromatic N) is 1. The van der Waals surface area contributed by atoms with Crippen LogP contribution < -0.4 is 4.90 Å². The van der Waals surface area contributed by atoms with E-state index in [4.69, 9.17) is 4.74 Å². The van der Waals surface area contributed by atoms with E-state index in [9.17, 15) is 4.79 Å². The van der Waals surface area contributed by atoms with Gasteiger partial charge in [0.2, 0.25) is 0 Å². The third kappa shape index (κ3) is 9.48. The lowest BCUT2D eigenvalue weighted by Crippen LogP contribution is -2.28. The molecule has 0 radical (unpaired) electrons. The third-order valence-corrected chi connectivity index (χ3v) is 9.27. The highest BCUT2D eigenvalue weighted by Crippen LogP contribution is 2.35. The summed E-state index contributed by atoms with van der Waals surface area (Å²) in [7, 11) is 2.06. The number of aryl methyl sites for hydroxylation is 1. The summed E-state index contributed by atoms with van der Waals surface area (Å²) >= 11 is 0. The summed E-state index contributed by atoms with van der Waals surface area (Å²) in [6.45, 7) is 8.04. The lowest BCUT2D eigenvalue weighted by molar-refractivity contribution is 0.101. The summed E-state index contributed by atoms with van der Waals surface area (Å²) in [6, 6.07) is 15.1. The van der Waals surface area contributed by atoms with Gasteiger partial charge in [-0.2, -0.15) is 0 Å². The van der Waals surface area contributed by atoms with Gasteiger partial charge in [0.1, 0.15) is 0 Å². The molecule has 3 nitrogen and oxygen atoms in total. The number of fused-ring (bicyclic) bond motifs is 1. The predicted octanol–water partition coefficient (Wildman–Crippen LogP) is 9.17. The first-order valence-electron chi connectivity index (χ1n) is 16.0. The third-order valence-electron chi connectivity index (χ3n) is 9.27. The molecule has 1 heterocycles. The smallest absolute Gasteiger partial charge is 0.159 e. The van der Waals surface area contributed by atoms with Gasteiger partial charge in [0.05, 0.1) is 6.10 Å². The van der Waals surface area contributed by atoms with Crippen molar-refractivity contribution in [2.24, 2.45) is 11.8 Å². The van der Waals surface area contributed by atoms with Gasteiger partial charge in [-0.3, -0.25) is 4.79 Å². The Bertz CT molecular complexity index is 1010. The Morgan fingerprint density at radius 2 is 1.64 bits per heavy atom. The van der Waals surface area contributed by atoms with Crippen LogP contribution in [0.25, 0.3) is 0 Å². The summed E-state index contributed by atoms with van der Waals surface area (Å²) in [5, 5.41) is 0. The van der Waals surface area contributed by atoms with E-state index in [1.165, 1.54) is 77.0 Å². The minimum absolute atomic E-state index is 0.110. The van der Waals surface area contributed by atoms with E-state index in [1.807, 2.05) is 24.3 Å². The molecule has 1 aliphatic heterocycles. The zero-order valence-electron chi connectivity index (χ0n) is 25.2. The Morgan fingerprint density at radius 3 is 2.23 bits per heavy atom. The van der Waals surface area contributed by atoms with Crippen molar-refractivity contribution in [1.82, 2.24) is 0 Å². The number of ketones is 1. The first-order valence-corrected chi connectivity index (χ1v) is 16.0. The molecule has 0 bridgehead atoms. The molecule has 0 spiro atoms. The van der Waals surface area contributed by atoms with Gasteiger partial charge in [-0.1, -0.05) is 70.6 Å². The number of carbonyl (C=O) groups excluding carboxylic acids is 1. The number of rotatable bonds is 6. The van der Waals surface area contributed by atoms with Gasteiger partial charge in [0.15, 0.2) is 5.78 Å². The zero-order valence-corrected chi connectivity index (χ0v) is 25.2. The fourth-order valence-electron chi connectivity index (χ4n) is 6.32. The number of likely N-dealkylation sites (N-methyl/N-ethyl adjacent to an activating group) is 1. The van der Waals surface area contributed by atoms with Gasteiger partial charge in [-0.05, 0) is 111 Å². The first kappa shape index (κ1) is 29.8. The molecule has 0 amide bonds. The molecular formula is C36H53NO2. The van der Waals surface area contributed by atoms with E-state index in [1.54, 1.807) is 23.6 Å². The number of hydrogen-bond acceptors (Lipinski definition) is 3. The summed E-state index contributed by atoms with van der Waals surface area (Å²) in [6.07, 6.45) is 18.3. The quantitative estimate of drug-likeness (QED) is 0.348. The molecule has 3 fully saturated rings. The predicted molar refractivity (Wildman–Crippen MR) is 165 cm³/mol. The molecule has 0 aromatic heterocycles. The number of hydrogen-bond donors (Lipinski definition) is 0. The normalized spacial score (nSPS) is 22.6. The van der Waals surface area contributed by atoms with Crippen molar-refractivity contribution >= 4 is 11.5 Å². The average Bonchev–Trinajstić information content (AvgIpc) is 3.68. The van der Waals surface area contributed by atoms with Crippen LogP contribution in [0.2, 0.25) is 0 Å². The number of ether oxygens (including phenoxy) is 1. The Labute approximate surface area is 238 Å². The second kappa shape index (κ2) is 15.0. The van der Waals surface area contributed by atoms with Crippen molar-refractivity contribution in [3.63, 3.8) is 0 Å². The topological polar surface area (TPSA) is 29.5 Å². The van der Waals surface area contributed by atoms with Crippen LogP contribution in [-0.2, 0) is 17.6 Å². The van der Waals surface area contributed by atoms with Gasteiger partial charge in [-0.15, -0.1) is 0 Å². The molecule has 4 aliphatic rings. The summed E-state index contributed by atoms with van der Waals surface area (Å²) in [4.78, 5) is 13.4. The van der Waals surface area contributed by atoms with Gasteiger partial charge >= 0.3 is 0 Å². The van der Waals surface area contributed by atoms with E-state index in [2.05, 4.69) is 44.0 Å². The second-order valence-electron chi connectivity index (χ2n) is 12.7. The monoisotopic (exact) mass is 531 g/mol. The van der Waals surface area contributed by atoms with Crippen LogP contribution in [0.1, 0.15) is 124 Å². The van der Waals surface area contributed by atoms with Crippen molar-refractivity contribution in [3.8, 4) is 0 Å². The van der Waals surface area contributed by atoms with Crippen molar-refractivity contribution in [2.75, 3.05) is 25.1 Å². The van der Waals surface area contributed by atoms with Gasteiger partial charge in [0, 0.05) is 31.5 Å². The van der Waals surface area contributed by atoms with Crippen LogP contribution in [-0.4, -0.2) is 32.1 Å². The van der Waals surface area contributed by atoms with E-state index >= 15 is 0 Å². The standard InChI is InChI=1S/C17H24.C14H19NO2.C5H10/c1-13-7-8-17-12-16(10-9-15(17)11-13)14-5-3-2-4-6-14;1-11(16)12-5-7-13(8-6-12)15(2)10-14-4-3-9-17-14;1-2-5-3-4-5/h9-10,12-14H,2-8,11H2,1H3;5-8,14H,3-4,9-10H2,1-2H3;5H,2-4H2,1H3. The molecule has 39 heavy (non-hydrogen) atoms. The lowest BCUT2D eigenvalue weighted by Gasteiger charge is -2.26. The fourth-order valence-corrected chi connectivity index (χ4v) is 6.32. The van der Waals surface area contributed by atoms with Crippen molar-refractivity contribution in [1.29, 1.82) is 0 Å². The molecule has 2 atom stereocenters. The summed E-state index contributed by atoms with van der Waals surface area (Å²) in [5.74, 6) is 3.00. The number of anilines is 1. The van der Waals surface area contributed by atoms with E-state index in [0.717, 1.165) is 48.6 Å². The maximum atomic E-state index is 11.2. The first-order chi connectivity index (χ1) is 18.9. The Balaban J connectivity index is 0.000000154. The molecule has 6 rings (SSSR count). The fraction of sp³-hybridized carbons (Fsp3) is 0.639. The summed E-state index contributed by atoms with van der Waals surface area (Å²) in [5.41, 5.74) is 6.82. The number of carbonyl (C=O) groups is 1. The number of benzene rings is 2. The van der Waals surface area contributed by atoms with E-state index in [0.29, 0.717) is 6.10 Å². The minimum atomic E-state index is 0.110. The second-order valence-corrected chi connectivity index (χ2v) is 12.7. The largest absolute Gasteiger partial charge is 0.376 e. The highest BCUT2D eigenvalue weighted by Gasteiger charge is 2.20. The summed E-state index contributed by atoms with van der Waals surface area (Å²) < 4.78 is 5.61. The van der Waals surface area contributed by atoms with Crippen LogP contribution in [0.3, 0.4) is 0 Å². The molecular weight excluding hydrogens is 478 g/mol. The molecule has 214 valence electrons. The zero-order chi connectivity index (χ0) is 27.6. The van der Waals surface area contributed by atoms with Gasteiger partial charge in [0.25, 0.3) is 0 Å². The van der Waals surface area contributed by atoms with Crippen LogP contribution in [0.5, 0.6) is 0 Å². The lowest BCUT2D eigenvalue weighted by atomic mass is 9.79. The van der Waals surface area contributed by atoms with Crippen LogP contribution >= 0.6 is 0 Å². The Morgan fingerprint density at radius 1 is 0.897 bits per heavy atom. The van der Waals surface area contributed by atoms with Crippen molar-refractivity contribution < 1.29 is 9.53 Å². The van der Waals surface area contributed by atoms with Crippen LogP contribution in [0, 0.1) is 11.8 Å². The molecule has 3 heteroatoms. The molecule has 3 aliphatic carbocycles. The molecule has 0 N–H and O–H groups in total.